The van der Waals surface area contributed by atoms with E-state index in [1.165, 1.54) is 0 Å². The van der Waals surface area contributed by atoms with E-state index in [1.807, 2.05) is 4.98 Å². The minimum absolute atomic E-state index is 0.502. The number of rotatable bonds is 2. The summed E-state index contributed by atoms with van der Waals surface area (Å²) >= 11 is 0. The van der Waals surface area contributed by atoms with E-state index in [4.69, 9.17) is 0 Å². The minimum Gasteiger partial charge on any atom is -0.480 e. The van der Waals surface area contributed by atoms with Gasteiger partial charge in [0, 0.05) is 6.07 Å². The number of nitrogens with one attached hydrogen (secondary N) is 1. The van der Waals surface area contributed by atoms with Gasteiger partial charge in [0.25, 0.3) is 6.43 Å². The first kappa shape index (κ1) is 9.63. The molecule has 72 valence electrons. The van der Waals surface area contributed by atoms with Crippen LogP contribution in [-0.2, 0) is 0 Å². The van der Waals surface area contributed by atoms with Gasteiger partial charge in [0.05, 0.1) is 12.8 Å². The van der Waals surface area contributed by atoms with Crippen molar-refractivity contribution in [2.75, 3.05) is 7.11 Å². The zero-order valence-corrected chi connectivity index (χ0v) is 6.61. The standard InChI is InChI=1S/C7H6F3NO2/c1-13-7-5(8)4(12)2-3(11-7)6(9)10/h2,6H,1H3,(H,11,12). The van der Waals surface area contributed by atoms with Crippen molar-refractivity contribution >= 4 is 0 Å². The molecular formula is C7H6F3NO2. The molecule has 1 aromatic rings. The maximum Gasteiger partial charge on any atom is 0.278 e. The first-order valence-corrected chi connectivity index (χ1v) is 3.31. The number of H-pyrrole nitrogens is 1. The summed E-state index contributed by atoms with van der Waals surface area (Å²) in [5, 5.41) is 0. The summed E-state index contributed by atoms with van der Waals surface area (Å²) in [6.07, 6.45) is -2.86. The van der Waals surface area contributed by atoms with Gasteiger partial charge in [-0.3, -0.25) is 4.79 Å². The van der Waals surface area contributed by atoms with E-state index in [-0.39, 0.29) is 0 Å². The molecule has 6 heteroatoms. The van der Waals surface area contributed by atoms with E-state index in [0.29, 0.717) is 6.07 Å². The van der Waals surface area contributed by atoms with E-state index in [1.54, 1.807) is 0 Å². The van der Waals surface area contributed by atoms with Gasteiger partial charge in [-0.2, -0.15) is 4.39 Å². The molecule has 0 fully saturated rings. The molecule has 0 bridgehead atoms. The van der Waals surface area contributed by atoms with Crippen LogP contribution in [0, 0.1) is 5.82 Å². The normalized spacial score (nSPS) is 10.5. The Balaban J connectivity index is 3.31. The molecule has 1 rings (SSSR count). The zero-order chi connectivity index (χ0) is 10.0. The van der Waals surface area contributed by atoms with Crippen LogP contribution < -0.4 is 10.2 Å². The number of pyridine rings is 1. The molecule has 1 aromatic heterocycles. The van der Waals surface area contributed by atoms with Crippen LogP contribution in [0.2, 0.25) is 0 Å². The number of alkyl halides is 2. The second kappa shape index (κ2) is 3.51. The predicted molar refractivity (Wildman–Crippen MR) is 38.5 cm³/mol. The Bertz CT molecular complexity index is 361. The summed E-state index contributed by atoms with van der Waals surface area (Å²) in [5.41, 5.74) is -1.78. The van der Waals surface area contributed by atoms with Crippen molar-refractivity contribution in [2.24, 2.45) is 0 Å². The molecule has 0 spiro atoms. The quantitative estimate of drug-likeness (QED) is 0.772. The van der Waals surface area contributed by atoms with Crippen molar-refractivity contribution in [1.82, 2.24) is 4.98 Å². The molecule has 0 saturated carbocycles. The second-order valence-corrected chi connectivity index (χ2v) is 2.24. The fourth-order valence-corrected chi connectivity index (χ4v) is 0.797. The molecule has 0 unspecified atom stereocenters. The number of hydrogen-bond donors (Lipinski definition) is 1. The molecule has 0 aliphatic carbocycles. The lowest BCUT2D eigenvalue weighted by atomic mass is 10.3. The largest absolute Gasteiger partial charge is 0.480 e. The topological polar surface area (TPSA) is 42.1 Å². The highest BCUT2D eigenvalue weighted by Crippen LogP contribution is 2.18. The second-order valence-electron chi connectivity index (χ2n) is 2.24. The van der Waals surface area contributed by atoms with Gasteiger partial charge in [0.1, 0.15) is 0 Å². The Morgan fingerprint density at radius 3 is 2.62 bits per heavy atom. The van der Waals surface area contributed by atoms with Crippen LogP contribution in [0.3, 0.4) is 0 Å². The van der Waals surface area contributed by atoms with Crippen molar-refractivity contribution in [3.63, 3.8) is 0 Å². The van der Waals surface area contributed by atoms with Gasteiger partial charge in [-0.25, -0.2) is 8.78 Å². The fraction of sp³-hybridized carbons (Fsp3) is 0.286. The maximum atomic E-state index is 12.7. The molecule has 1 N–H and O–H groups in total. The van der Waals surface area contributed by atoms with Crippen LogP contribution in [0.25, 0.3) is 0 Å². The van der Waals surface area contributed by atoms with Gasteiger partial charge in [0.15, 0.2) is 0 Å². The highest BCUT2D eigenvalue weighted by atomic mass is 19.3. The molecular weight excluding hydrogens is 187 g/mol. The molecule has 3 nitrogen and oxygen atoms in total. The van der Waals surface area contributed by atoms with E-state index >= 15 is 0 Å². The average Bonchev–Trinajstić information content (AvgIpc) is 2.09. The van der Waals surface area contributed by atoms with E-state index in [9.17, 15) is 18.0 Å². The first-order valence-electron chi connectivity index (χ1n) is 3.31. The lowest BCUT2D eigenvalue weighted by molar-refractivity contribution is 0.144. The number of hydrogen-bond acceptors (Lipinski definition) is 2. The van der Waals surface area contributed by atoms with Crippen LogP contribution in [-0.4, -0.2) is 12.1 Å². The van der Waals surface area contributed by atoms with Gasteiger partial charge < -0.3 is 9.72 Å². The SMILES string of the molecule is COc1[nH]c(C(F)F)cc(=O)c1F. The van der Waals surface area contributed by atoms with Crippen molar-refractivity contribution < 1.29 is 17.9 Å². The number of methoxy groups -OCH3 is 1. The van der Waals surface area contributed by atoms with E-state index in [2.05, 4.69) is 4.74 Å². The summed E-state index contributed by atoms with van der Waals surface area (Å²) in [5.74, 6) is -1.78. The Kier molecular flexibility index (Phi) is 2.60. The zero-order valence-electron chi connectivity index (χ0n) is 6.61. The minimum atomic E-state index is -2.86. The van der Waals surface area contributed by atoms with Crippen molar-refractivity contribution in [3.8, 4) is 5.88 Å². The smallest absolute Gasteiger partial charge is 0.278 e. The molecule has 0 atom stereocenters. The number of halogens is 3. The van der Waals surface area contributed by atoms with Gasteiger partial charge in [-0.05, 0) is 0 Å². The summed E-state index contributed by atoms with van der Waals surface area (Å²) in [7, 11) is 1.07. The summed E-state index contributed by atoms with van der Waals surface area (Å²) in [6, 6.07) is 0.502. The highest BCUT2D eigenvalue weighted by Gasteiger charge is 2.14. The molecule has 0 amide bonds. The average molecular weight is 193 g/mol. The van der Waals surface area contributed by atoms with Crippen molar-refractivity contribution in [2.45, 2.75) is 6.43 Å². The highest BCUT2D eigenvalue weighted by molar-refractivity contribution is 5.19. The molecule has 0 radical (unpaired) electrons. The Hall–Kier alpha value is -1.46. The maximum absolute atomic E-state index is 12.7. The molecule has 0 aromatic carbocycles. The first-order chi connectivity index (χ1) is 6.06. The number of aromatic nitrogens is 1. The Morgan fingerprint density at radius 1 is 1.54 bits per heavy atom. The third-order valence-electron chi connectivity index (χ3n) is 1.40. The van der Waals surface area contributed by atoms with Gasteiger partial charge in [-0.15, -0.1) is 0 Å². The lowest BCUT2D eigenvalue weighted by Gasteiger charge is -2.04. The monoisotopic (exact) mass is 193 g/mol. The van der Waals surface area contributed by atoms with Gasteiger partial charge in [0.2, 0.25) is 17.1 Å². The molecule has 0 aliphatic rings. The van der Waals surface area contributed by atoms with Crippen LogP contribution >= 0.6 is 0 Å². The fourth-order valence-electron chi connectivity index (χ4n) is 0.797. The van der Waals surface area contributed by atoms with Gasteiger partial charge in [-0.1, -0.05) is 0 Å². The third kappa shape index (κ3) is 1.82. The summed E-state index contributed by atoms with van der Waals surface area (Å²) in [6.45, 7) is 0. The van der Waals surface area contributed by atoms with E-state index < -0.39 is 29.2 Å². The van der Waals surface area contributed by atoms with Crippen molar-refractivity contribution in [3.05, 3.63) is 27.8 Å². The number of aromatic amines is 1. The molecule has 0 saturated heterocycles. The molecule has 0 aliphatic heterocycles. The Morgan fingerprint density at radius 2 is 2.15 bits per heavy atom. The Labute approximate surface area is 71.2 Å². The lowest BCUT2D eigenvalue weighted by Crippen LogP contribution is -2.11. The van der Waals surface area contributed by atoms with Crippen LogP contribution in [0.15, 0.2) is 10.9 Å². The third-order valence-corrected chi connectivity index (χ3v) is 1.40. The predicted octanol–water partition coefficient (Wildman–Crippen LogP) is 1.46. The van der Waals surface area contributed by atoms with Crippen molar-refractivity contribution in [1.29, 1.82) is 0 Å². The molecule has 13 heavy (non-hydrogen) atoms. The van der Waals surface area contributed by atoms with E-state index in [0.717, 1.165) is 7.11 Å². The summed E-state index contributed by atoms with van der Waals surface area (Å²) < 4.78 is 41.2. The number of ether oxygens (including phenoxy) is 1. The van der Waals surface area contributed by atoms with Gasteiger partial charge >= 0.3 is 0 Å². The van der Waals surface area contributed by atoms with Crippen LogP contribution in [0.1, 0.15) is 12.1 Å². The molecule has 1 heterocycles. The summed E-state index contributed by atoms with van der Waals surface area (Å²) in [4.78, 5) is 12.7. The van der Waals surface area contributed by atoms with Crippen LogP contribution in [0.4, 0.5) is 13.2 Å². The van der Waals surface area contributed by atoms with Crippen LogP contribution in [0.5, 0.6) is 5.88 Å².